The van der Waals surface area contributed by atoms with E-state index in [-0.39, 0.29) is 0 Å². The summed E-state index contributed by atoms with van der Waals surface area (Å²) in [4.78, 5) is 4.71. The van der Waals surface area contributed by atoms with Crippen LogP contribution >= 0.6 is 0 Å². The first kappa shape index (κ1) is 18.0. The number of pyridine rings is 1. The van der Waals surface area contributed by atoms with Crippen LogP contribution in [-0.2, 0) is 0 Å². The molecule has 0 saturated heterocycles. The van der Waals surface area contributed by atoms with Gasteiger partial charge in [-0.1, -0.05) is 0 Å². The molecule has 30 heavy (non-hydrogen) atoms. The average Bonchev–Trinajstić information content (AvgIpc) is 3.24. The molecule has 3 heterocycles. The van der Waals surface area contributed by atoms with Gasteiger partial charge >= 0.3 is 179 Å². The van der Waals surface area contributed by atoms with Crippen LogP contribution in [0.4, 0.5) is 0 Å². The van der Waals surface area contributed by atoms with Crippen LogP contribution in [0.15, 0.2) is 71.3 Å². The van der Waals surface area contributed by atoms with Gasteiger partial charge in [0.25, 0.3) is 0 Å². The molecule has 2 nitrogen and oxygen atoms in total. The third-order valence-corrected chi connectivity index (χ3v) is 14.3. The third-order valence-electron chi connectivity index (χ3n) is 6.86. The number of benzene rings is 3. The van der Waals surface area contributed by atoms with Crippen LogP contribution in [0, 0.1) is 13.8 Å². The second-order valence-electron chi connectivity index (χ2n) is 8.97. The molecule has 6 rings (SSSR count). The maximum atomic E-state index is 6.69. The van der Waals surface area contributed by atoms with Crippen molar-refractivity contribution in [3.05, 3.63) is 78.0 Å². The second-order valence-corrected chi connectivity index (χ2v) is 18.1. The molecule has 0 unspecified atom stereocenters. The van der Waals surface area contributed by atoms with Crippen LogP contribution < -0.4 is 8.79 Å². The summed E-state index contributed by atoms with van der Waals surface area (Å²) in [5.74, 6) is 4.98. The van der Waals surface area contributed by atoms with Crippen molar-refractivity contribution in [2.24, 2.45) is 0 Å². The van der Waals surface area contributed by atoms with E-state index in [1.165, 1.54) is 37.4 Å². The van der Waals surface area contributed by atoms with Gasteiger partial charge in [-0.05, 0) is 0 Å². The van der Waals surface area contributed by atoms with Crippen LogP contribution in [0.25, 0.3) is 44.3 Å². The van der Waals surface area contributed by atoms with Gasteiger partial charge in [-0.2, -0.15) is 0 Å². The number of para-hydroxylation sites is 1. The van der Waals surface area contributed by atoms with Gasteiger partial charge < -0.3 is 0 Å². The van der Waals surface area contributed by atoms with E-state index in [1.807, 2.05) is 6.20 Å². The van der Waals surface area contributed by atoms with E-state index in [9.17, 15) is 0 Å². The van der Waals surface area contributed by atoms with Gasteiger partial charge in [0.2, 0.25) is 0 Å². The standard InChI is InChI=1S/C27H23GeNO/c1-16-14-24(29-15-17(16)2)21-10-7-9-18-19-12-13-23-25(27(19)30-26(18)21)20-8-5-6-11-22(20)28(23,3)4/h5-15H,1-4H3. The van der Waals surface area contributed by atoms with Crippen LogP contribution in [-0.4, -0.2) is 18.3 Å². The first-order chi connectivity index (χ1) is 14.5. The van der Waals surface area contributed by atoms with E-state index in [4.69, 9.17) is 9.40 Å². The Kier molecular flexibility index (Phi) is 3.64. The fraction of sp³-hybridized carbons (Fsp3) is 0.148. The van der Waals surface area contributed by atoms with Gasteiger partial charge in [-0.3, -0.25) is 0 Å². The molecule has 0 radical (unpaired) electrons. The summed E-state index contributed by atoms with van der Waals surface area (Å²) in [7, 11) is 0. The summed E-state index contributed by atoms with van der Waals surface area (Å²) in [6, 6.07) is 22.1. The minimum absolute atomic E-state index is 0.936. The molecule has 3 heteroatoms. The molecule has 0 fully saturated rings. The number of fused-ring (bicyclic) bond motifs is 7. The number of aromatic nitrogens is 1. The molecular weight excluding hydrogens is 427 g/mol. The van der Waals surface area contributed by atoms with Crippen LogP contribution in [0.2, 0.25) is 11.5 Å². The quantitative estimate of drug-likeness (QED) is 0.290. The molecule has 146 valence electrons. The average molecular weight is 450 g/mol. The molecule has 0 spiro atoms. The van der Waals surface area contributed by atoms with E-state index >= 15 is 0 Å². The summed E-state index contributed by atoms with van der Waals surface area (Å²) in [5, 5.41) is 2.37. The molecule has 5 aromatic rings. The number of rotatable bonds is 1. The molecule has 0 saturated carbocycles. The fourth-order valence-corrected chi connectivity index (χ4v) is 11.4. The Morgan fingerprint density at radius 1 is 0.733 bits per heavy atom. The van der Waals surface area contributed by atoms with Gasteiger partial charge in [-0.15, -0.1) is 0 Å². The number of hydrogen-bond donors (Lipinski definition) is 0. The molecule has 0 bridgehead atoms. The zero-order chi connectivity index (χ0) is 20.6. The topological polar surface area (TPSA) is 26.0 Å². The number of aryl methyl sites for hydroxylation is 2. The molecule has 3 aromatic carbocycles. The van der Waals surface area contributed by atoms with Crippen molar-refractivity contribution in [3.8, 4) is 22.4 Å². The number of nitrogens with zero attached hydrogens (tertiary/aromatic N) is 1. The van der Waals surface area contributed by atoms with Crippen molar-refractivity contribution in [1.82, 2.24) is 4.98 Å². The van der Waals surface area contributed by atoms with Gasteiger partial charge in [0.1, 0.15) is 0 Å². The van der Waals surface area contributed by atoms with E-state index in [2.05, 4.69) is 86.0 Å². The summed E-state index contributed by atoms with van der Waals surface area (Å²) in [5.41, 5.74) is 9.15. The first-order valence-electron chi connectivity index (χ1n) is 10.5. The zero-order valence-corrected chi connectivity index (χ0v) is 19.8. The van der Waals surface area contributed by atoms with Gasteiger partial charge in [0.05, 0.1) is 0 Å². The Morgan fingerprint density at radius 2 is 1.50 bits per heavy atom. The Hall–Kier alpha value is -2.85. The molecule has 0 atom stereocenters. The van der Waals surface area contributed by atoms with Gasteiger partial charge in [0, 0.05) is 0 Å². The van der Waals surface area contributed by atoms with Crippen LogP contribution in [0.3, 0.4) is 0 Å². The van der Waals surface area contributed by atoms with E-state index in [1.54, 1.807) is 4.40 Å². The molecule has 2 aromatic heterocycles. The second kappa shape index (κ2) is 6.08. The van der Waals surface area contributed by atoms with Crippen LogP contribution in [0.5, 0.6) is 0 Å². The maximum absolute atomic E-state index is 6.69. The van der Waals surface area contributed by atoms with E-state index in [0.717, 1.165) is 22.4 Å². The van der Waals surface area contributed by atoms with Crippen molar-refractivity contribution in [3.63, 3.8) is 0 Å². The normalized spacial score (nSPS) is 14.3. The van der Waals surface area contributed by atoms with Gasteiger partial charge in [0.15, 0.2) is 0 Å². The van der Waals surface area contributed by atoms with Crippen LogP contribution in [0.1, 0.15) is 11.1 Å². The predicted octanol–water partition coefficient (Wildman–Crippen LogP) is 6.07. The molecule has 0 N–H and O–H groups in total. The van der Waals surface area contributed by atoms with Crippen molar-refractivity contribution >= 4 is 44.0 Å². The molecule has 1 aliphatic rings. The van der Waals surface area contributed by atoms with E-state index in [0.29, 0.717) is 0 Å². The summed E-state index contributed by atoms with van der Waals surface area (Å²) < 4.78 is 9.77. The predicted molar refractivity (Wildman–Crippen MR) is 129 cm³/mol. The van der Waals surface area contributed by atoms with Crippen molar-refractivity contribution < 1.29 is 4.42 Å². The van der Waals surface area contributed by atoms with Crippen molar-refractivity contribution in [1.29, 1.82) is 0 Å². The monoisotopic (exact) mass is 451 g/mol. The Labute approximate surface area is 178 Å². The summed E-state index contributed by atoms with van der Waals surface area (Å²) in [6.45, 7) is 4.24. The summed E-state index contributed by atoms with van der Waals surface area (Å²) in [6.07, 6.45) is 1.95. The van der Waals surface area contributed by atoms with E-state index < -0.39 is 13.3 Å². The molecular formula is C27H23GeNO. The molecule has 0 amide bonds. The fourth-order valence-electron chi connectivity index (χ4n) is 5.01. The summed E-state index contributed by atoms with van der Waals surface area (Å²) >= 11 is -2.30. The SMILES string of the molecule is Cc1cnc(-c2cccc3c2oc2c4[c](ccc23)[Ge]([CH3])([CH3])[c]2ccccc2-4)cc1C. The third kappa shape index (κ3) is 2.28. The number of furan rings is 1. The Balaban J connectivity index is 1.71. The molecule has 0 aliphatic carbocycles. The molecule has 1 aliphatic heterocycles. The Bertz CT molecular complexity index is 1490. The van der Waals surface area contributed by atoms with Gasteiger partial charge in [-0.25, -0.2) is 0 Å². The first-order valence-corrected chi connectivity index (χ1v) is 16.8. The zero-order valence-electron chi connectivity index (χ0n) is 17.7. The Morgan fingerprint density at radius 3 is 2.33 bits per heavy atom. The van der Waals surface area contributed by atoms with Crippen molar-refractivity contribution in [2.45, 2.75) is 25.4 Å². The van der Waals surface area contributed by atoms with Crippen molar-refractivity contribution in [2.75, 3.05) is 0 Å². The number of hydrogen-bond acceptors (Lipinski definition) is 2. The minimum atomic E-state index is -2.30.